The summed E-state index contributed by atoms with van der Waals surface area (Å²) in [5, 5.41) is 24.4. The molecule has 0 bridgehead atoms. The molecular weight excluding hydrogens is 672 g/mol. The Kier molecular flexibility index (Phi) is 12.2. The molecule has 2 aliphatic carbocycles. The van der Waals surface area contributed by atoms with Crippen LogP contribution in [0.4, 0.5) is 0 Å². The molecule has 9 atom stereocenters. The Morgan fingerprint density at radius 3 is 1.75 bits per heavy atom. The molecule has 0 unspecified atom stereocenters. The third-order valence-electron chi connectivity index (χ3n) is 9.78. The zero-order valence-electron chi connectivity index (χ0n) is 30.7. The quantitative estimate of drug-likeness (QED) is 0.225. The second-order valence-corrected chi connectivity index (χ2v) is 14.4. The molecule has 0 radical (unpaired) electrons. The average molecular weight is 721 g/mol. The van der Waals surface area contributed by atoms with Gasteiger partial charge in [-0.15, -0.1) is 0 Å². The summed E-state index contributed by atoms with van der Waals surface area (Å²) in [5.41, 5.74) is -4.67. The molecule has 12 heteroatoms. The fourth-order valence-corrected chi connectivity index (χ4v) is 7.10. The van der Waals surface area contributed by atoms with Crippen LogP contribution in [0.1, 0.15) is 82.5 Å². The molecule has 1 saturated carbocycles. The van der Waals surface area contributed by atoms with Crippen LogP contribution in [0.15, 0.2) is 84.5 Å². The molecule has 2 aromatic rings. The van der Waals surface area contributed by atoms with E-state index in [2.05, 4.69) is 0 Å². The zero-order valence-corrected chi connectivity index (χ0v) is 30.7. The van der Waals surface area contributed by atoms with Crippen LogP contribution in [-0.2, 0) is 38.1 Å². The van der Waals surface area contributed by atoms with Gasteiger partial charge < -0.3 is 33.9 Å². The number of esters is 5. The molecule has 12 nitrogen and oxygen atoms in total. The number of ether oxygens (including phenoxy) is 5. The number of hydrogen-bond donors (Lipinski definition) is 2. The van der Waals surface area contributed by atoms with Gasteiger partial charge >= 0.3 is 29.8 Å². The maximum atomic E-state index is 13.6. The van der Waals surface area contributed by atoms with Crippen LogP contribution in [0, 0.1) is 17.3 Å². The van der Waals surface area contributed by atoms with Crippen molar-refractivity contribution >= 4 is 29.8 Å². The van der Waals surface area contributed by atoms with Crippen LogP contribution in [0.2, 0.25) is 0 Å². The molecule has 4 rings (SSSR count). The van der Waals surface area contributed by atoms with E-state index in [0.717, 1.165) is 13.8 Å². The second kappa shape index (κ2) is 15.8. The molecule has 1 fully saturated rings. The first-order chi connectivity index (χ1) is 24.3. The van der Waals surface area contributed by atoms with Crippen LogP contribution in [0.3, 0.4) is 0 Å². The standard InChI is InChI=1S/C40H48O12/c1-23-21-30-33(51-36(46)29-17-13-10-14-18-29)24(2)34(44)40(30,52-27(5)43)37(49-26(4)42)39(8,47)20-19-38(6,7)32(48-25(3)41)22-31(23)50-35(45)28-15-11-9-12-16-28/h9-21,24,30-34,37,44,47H,22H2,1-8H3/b20-19+,23-21+/t24-,30+,31-,32-,33+,34+,37-,39-,40+/m1/s1. The van der Waals surface area contributed by atoms with Crippen LogP contribution >= 0.6 is 0 Å². The number of aliphatic hydroxyl groups is 2. The molecule has 0 spiro atoms. The van der Waals surface area contributed by atoms with Gasteiger partial charge in [0.05, 0.1) is 17.0 Å². The van der Waals surface area contributed by atoms with Crippen molar-refractivity contribution in [3.8, 4) is 0 Å². The Bertz CT molecular complexity index is 1700. The van der Waals surface area contributed by atoms with Crippen molar-refractivity contribution in [1.82, 2.24) is 0 Å². The SMILES string of the molecule is CC(=O)O[C@@H]1C[C@@H](OC(=O)c2ccccc2)/C(C)=C/[C@H]2[C@@H](OC(=O)c3ccccc3)[C@@H](C)[C@H](O)[C@]2(OC(C)=O)[C@H](OC(C)=O)[C@](C)(O)/C=C/C1(C)C. The summed E-state index contributed by atoms with van der Waals surface area (Å²) in [6.07, 6.45) is -2.39. The molecule has 0 amide bonds. The highest BCUT2D eigenvalue weighted by Crippen LogP contribution is 2.52. The number of benzene rings is 2. The first-order valence-corrected chi connectivity index (χ1v) is 17.1. The summed E-state index contributed by atoms with van der Waals surface area (Å²) in [5.74, 6) is -6.07. The van der Waals surface area contributed by atoms with Gasteiger partial charge in [-0.2, -0.15) is 0 Å². The molecule has 52 heavy (non-hydrogen) atoms. The zero-order chi connectivity index (χ0) is 38.6. The lowest BCUT2D eigenvalue weighted by Gasteiger charge is -2.47. The van der Waals surface area contributed by atoms with Crippen molar-refractivity contribution in [1.29, 1.82) is 0 Å². The molecule has 0 aromatic heterocycles. The Morgan fingerprint density at radius 2 is 1.25 bits per heavy atom. The van der Waals surface area contributed by atoms with E-state index in [4.69, 9.17) is 23.7 Å². The summed E-state index contributed by atoms with van der Waals surface area (Å²) in [6.45, 7) is 11.5. The van der Waals surface area contributed by atoms with Gasteiger partial charge in [-0.1, -0.05) is 75.4 Å². The number of rotatable bonds is 7. The van der Waals surface area contributed by atoms with E-state index in [0.29, 0.717) is 5.57 Å². The highest BCUT2D eigenvalue weighted by Gasteiger charge is 2.70. The van der Waals surface area contributed by atoms with Gasteiger partial charge in [0.2, 0.25) is 0 Å². The fourth-order valence-electron chi connectivity index (χ4n) is 7.10. The van der Waals surface area contributed by atoms with Gasteiger partial charge in [0, 0.05) is 38.5 Å². The number of hydrogen-bond acceptors (Lipinski definition) is 12. The van der Waals surface area contributed by atoms with Crippen LogP contribution < -0.4 is 0 Å². The van der Waals surface area contributed by atoms with Crippen molar-refractivity contribution in [2.45, 2.75) is 104 Å². The van der Waals surface area contributed by atoms with Gasteiger partial charge in [-0.05, 0) is 43.7 Å². The highest BCUT2D eigenvalue weighted by molar-refractivity contribution is 5.90. The van der Waals surface area contributed by atoms with E-state index in [9.17, 15) is 34.2 Å². The molecule has 0 saturated heterocycles. The summed E-state index contributed by atoms with van der Waals surface area (Å²) in [7, 11) is 0. The lowest BCUT2D eigenvalue weighted by Crippen LogP contribution is -2.65. The third kappa shape index (κ3) is 8.62. The smallest absolute Gasteiger partial charge is 0.338 e. The van der Waals surface area contributed by atoms with Gasteiger partial charge in [0.15, 0.2) is 11.7 Å². The average Bonchev–Trinajstić information content (AvgIpc) is 3.26. The maximum absolute atomic E-state index is 13.6. The molecule has 0 heterocycles. The van der Waals surface area contributed by atoms with Crippen LogP contribution in [0.5, 0.6) is 0 Å². The summed E-state index contributed by atoms with van der Waals surface area (Å²) in [6, 6.07) is 16.4. The first kappa shape index (κ1) is 40.0. The van der Waals surface area contributed by atoms with Gasteiger partial charge in [-0.25, -0.2) is 9.59 Å². The van der Waals surface area contributed by atoms with E-state index in [-0.39, 0.29) is 17.5 Å². The second-order valence-electron chi connectivity index (χ2n) is 14.4. The van der Waals surface area contributed by atoms with Crippen molar-refractivity contribution < 1.29 is 57.9 Å². The lowest BCUT2D eigenvalue weighted by molar-refractivity contribution is -0.232. The Labute approximate surface area is 303 Å². The number of aliphatic hydroxyl groups excluding tert-OH is 1. The van der Waals surface area contributed by atoms with E-state index in [1.165, 1.54) is 26.0 Å². The number of carbonyl (C=O) groups is 5. The normalized spacial score (nSPS) is 33.0. The summed E-state index contributed by atoms with van der Waals surface area (Å²) < 4.78 is 29.8. The first-order valence-electron chi connectivity index (χ1n) is 17.1. The highest BCUT2D eigenvalue weighted by atomic mass is 16.6. The molecule has 2 aliphatic rings. The Balaban J connectivity index is 2.04. The minimum Gasteiger partial charge on any atom is -0.461 e. The predicted octanol–water partition coefficient (Wildman–Crippen LogP) is 4.91. The van der Waals surface area contributed by atoms with Gasteiger partial charge in [0.1, 0.15) is 30.0 Å². The van der Waals surface area contributed by atoms with Gasteiger partial charge in [0.25, 0.3) is 0 Å². The lowest BCUT2D eigenvalue weighted by atomic mass is 9.72. The Hall–Kier alpha value is -4.81. The number of carbonyl (C=O) groups excluding carboxylic acids is 5. The molecule has 0 aliphatic heterocycles. The summed E-state index contributed by atoms with van der Waals surface area (Å²) in [4.78, 5) is 65.4. The Morgan fingerprint density at radius 1 is 0.731 bits per heavy atom. The number of fused-ring (bicyclic) bond motifs is 1. The summed E-state index contributed by atoms with van der Waals surface area (Å²) >= 11 is 0. The van der Waals surface area contributed by atoms with E-state index >= 15 is 0 Å². The topological polar surface area (TPSA) is 172 Å². The molecular formula is C40H48O12. The predicted molar refractivity (Wildman–Crippen MR) is 187 cm³/mol. The molecule has 2 aromatic carbocycles. The van der Waals surface area contributed by atoms with Crippen molar-refractivity contribution in [3.05, 3.63) is 95.6 Å². The van der Waals surface area contributed by atoms with Crippen molar-refractivity contribution in [3.63, 3.8) is 0 Å². The van der Waals surface area contributed by atoms with E-state index in [1.54, 1.807) is 94.4 Å². The third-order valence-corrected chi connectivity index (χ3v) is 9.78. The van der Waals surface area contributed by atoms with E-state index < -0.39 is 88.8 Å². The fraction of sp³-hybridized carbons (Fsp3) is 0.475. The van der Waals surface area contributed by atoms with Crippen LogP contribution in [0.25, 0.3) is 0 Å². The minimum absolute atomic E-state index is 0.0623. The minimum atomic E-state index is -2.26. The largest absolute Gasteiger partial charge is 0.461 e. The molecule has 2 N–H and O–H groups in total. The maximum Gasteiger partial charge on any atom is 0.338 e. The van der Waals surface area contributed by atoms with Crippen LogP contribution in [-0.4, -0.2) is 81.8 Å². The van der Waals surface area contributed by atoms with E-state index in [1.807, 2.05) is 0 Å². The van der Waals surface area contributed by atoms with Gasteiger partial charge in [-0.3, -0.25) is 14.4 Å². The molecule has 280 valence electrons. The van der Waals surface area contributed by atoms with Crippen molar-refractivity contribution in [2.24, 2.45) is 17.3 Å². The monoisotopic (exact) mass is 720 g/mol. The van der Waals surface area contributed by atoms with Crippen molar-refractivity contribution in [2.75, 3.05) is 0 Å².